The van der Waals surface area contributed by atoms with Crippen LogP contribution in [0.4, 0.5) is 5.69 Å². The highest BCUT2D eigenvalue weighted by Gasteiger charge is 2.35. The van der Waals surface area contributed by atoms with Crippen LogP contribution in [0.3, 0.4) is 0 Å². The van der Waals surface area contributed by atoms with Crippen LogP contribution in [0.2, 0.25) is 0 Å². The van der Waals surface area contributed by atoms with E-state index in [4.69, 9.17) is 0 Å². The van der Waals surface area contributed by atoms with Crippen molar-refractivity contribution >= 4 is 43.5 Å². The van der Waals surface area contributed by atoms with Crippen molar-refractivity contribution in [2.24, 2.45) is 0 Å². The monoisotopic (exact) mass is 717 g/mol. The number of hydrogen-bond donors (Lipinski definition) is 1. The first-order chi connectivity index (χ1) is 22.1. The van der Waals surface area contributed by atoms with Gasteiger partial charge >= 0.3 is 0 Å². The van der Waals surface area contributed by atoms with E-state index in [0.717, 1.165) is 31.0 Å². The fraction of sp³-hybridized carbons (Fsp3) is 0.316. The summed E-state index contributed by atoms with van der Waals surface area (Å²) in [6.07, 6.45) is 0.246. The molecule has 0 aliphatic rings. The molecule has 0 aliphatic heterocycles. The molecule has 0 bridgehead atoms. The van der Waals surface area contributed by atoms with Crippen molar-refractivity contribution in [3.8, 4) is 0 Å². The summed E-state index contributed by atoms with van der Waals surface area (Å²) in [4.78, 5) is 30.3. The third-order valence-corrected chi connectivity index (χ3v) is 10.0. The Labute approximate surface area is 288 Å². The zero-order chi connectivity index (χ0) is 34.4. The number of hydrogen-bond acceptors (Lipinski definition) is 4. The number of benzene rings is 4. The minimum absolute atomic E-state index is 0.0775. The maximum absolute atomic E-state index is 14.7. The first kappa shape index (κ1) is 35.9. The van der Waals surface area contributed by atoms with Gasteiger partial charge in [0.25, 0.3) is 10.0 Å². The van der Waals surface area contributed by atoms with E-state index in [1.807, 2.05) is 94.4 Å². The minimum Gasteiger partial charge on any atom is -0.350 e. The Morgan fingerprint density at radius 2 is 1.45 bits per heavy atom. The van der Waals surface area contributed by atoms with Crippen LogP contribution in [-0.4, -0.2) is 43.3 Å². The lowest BCUT2D eigenvalue weighted by Crippen LogP contribution is -2.56. The van der Waals surface area contributed by atoms with E-state index in [1.54, 1.807) is 36.4 Å². The van der Waals surface area contributed by atoms with Crippen molar-refractivity contribution < 1.29 is 18.0 Å². The van der Waals surface area contributed by atoms with Crippen LogP contribution in [0.5, 0.6) is 0 Å². The second-order valence-electron chi connectivity index (χ2n) is 13.2. The van der Waals surface area contributed by atoms with Crippen LogP contribution in [0.15, 0.2) is 112 Å². The van der Waals surface area contributed by atoms with Crippen molar-refractivity contribution in [2.75, 3.05) is 10.8 Å². The van der Waals surface area contributed by atoms with Gasteiger partial charge in [0, 0.05) is 23.0 Å². The Morgan fingerprint density at radius 1 is 0.830 bits per heavy atom. The number of aryl methyl sites for hydroxylation is 1. The molecule has 0 saturated heterocycles. The topological polar surface area (TPSA) is 86.8 Å². The smallest absolute Gasteiger partial charge is 0.264 e. The summed E-state index contributed by atoms with van der Waals surface area (Å²) < 4.78 is 30.5. The summed E-state index contributed by atoms with van der Waals surface area (Å²) in [7, 11) is -4.17. The maximum Gasteiger partial charge on any atom is 0.264 e. The van der Waals surface area contributed by atoms with E-state index in [2.05, 4.69) is 35.1 Å². The molecule has 0 spiro atoms. The third kappa shape index (κ3) is 9.78. The molecule has 4 aromatic rings. The van der Waals surface area contributed by atoms with Gasteiger partial charge in [-0.2, -0.15) is 0 Å². The van der Waals surface area contributed by atoms with Crippen molar-refractivity contribution in [1.82, 2.24) is 10.2 Å². The molecule has 4 aromatic carbocycles. The summed E-state index contributed by atoms with van der Waals surface area (Å²) in [5.41, 5.74) is 3.44. The molecule has 0 aliphatic carbocycles. The van der Waals surface area contributed by atoms with Crippen LogP contribution in [0, 0.1) is 6.92 Å². The Hall–Kier alpha value is -3.95. The molecule has 1 N–H and O–H groups in total. The Kier molecular flexibility index (Phi) is 11.7. The number of anilines is 1. The average molecular weight is 719 g/mol. The predicted octanol–water partition coefficient (Wildman–Crippen LogP) is 7.63. The van der Waals surface area contributed by atoms with E-state index in [1.165, 1.54) is 4.90 Å². The number of halogens is 1. The molecule has 9 heteroatoms. The van der Waals surface area contributed by atoms with Crippen LogP contribution in [0.1, 0.15) is 62.8 Å². The number of carbonyl (C=O) groups excluding carboxylic acids is 2. The molecule has 2 amide bonds. The standard InChI is InChI=1S/C38H44BrN3O4S/c1-27(2)31-17-19-33(20-18-31)42(47(45,46)34-21-15-28(3)16-22-34)26-36(43)41(25-30-13-10-14-32(39)23-30)35(37(44)40-38(4,5)6)24-29-11-8-7-9-12-29/h7-23,27,35H,24-26H2,1-6H3,(H,40,44). The van der Waals surface area contributed by atoms with Crippen LogP contribution in [-0.2, 0) is 32.6 Å². The summed E-state index contributed by atoms with van der Waals surface area (Å²) in [5.74, 6) is -0.578. The largest absolute Gasteiger partial charge is 0.350 e. The van der Waals surface area contributed by atoms with Gasteiger partial charge in [0.05, 0.1) is 10.6 Å². The molecular weight excluding hydrogens is 674 g/mol. The highest BCUT2D eigenvalue weighted by molar-refractivity contribution is 9.10. The van der Waals surface area contributed by atoms with Crippen molar-refractivity contribution in [3.63, 3.8) is 0 Å². The Balaban J connectivity index is 1.83. The number of amides is 2. The summed E-state index contributed by atoms with van der Waals surface area (Å²) >= 11 is 3.52. The second-order valence-corrected chi connectivity index (χ2v) is 15.9. The number of sulfonamides is 1. The molecule has 1 atom stereocenters. The van der Waals surface area contributed by atoms with Crippen LogP contribution >= 0.6 is 15.9 Å². The summed E-state index contributed by atoms with van der Waals surface area (Å²) in [6, 6.07) is 30.0. The molecule has 1 unspecified atom stereocenters. The number of nitrogens with zero attached hydrogens (tertiary/aromatic N) is 2. The normalized spacial score (nSPS) is 12.4. The molecule has 4 rings (SSSR count). The molecule has 7 nitrogen and oxygen atoms in total. The molecule has 0 fully saturated rings. The van der Waals surface area contributed by atoms with Gasteiger partial charge in [0.1, 0.15) is 12.6 Å². The Bertz CT molecular complexity index is 1770. The van der Waals surface area contributed by atoms with Gasteiger partial charge in [-0.15, -0.1) is 0 Å². The molecule has 0 radical (unpaired) electrons. The van der Waals surface area contributed by atoms with Crippen LogP contribution in [0.25, 0.3) is 0 Å². The minimum atomic E-state index is -4.17. The number of carbonyl (C=O) groups is 2. The van der Waals surface area contributed by atoms with Gasteiger partial charge in [0.15, 0.2) is 0 Å². The number of rotatable bonds is 12. The first-order valence-corrected chi connectivity index (χ1v) is 18.0. The maximum atomic E-state index is 14.7. The molecule has 0 heterocycles. The molecular formula is C38H44BrN3O4S. The number of nitrogens with one attached hydrogen (secondary N) is 1. The van der Waals surface area contributed by atoms with Gasteiger partial charge in [-0.3, -0.25) is 13.9 Å². The summed E-state index contributed by atoms with van der Waals surface area (Å²) in [5, 5.41) is 3.06. The lowest BCUT2D eigenvalue weighted by atomic mass is 10.0. The van der Waals surface area contributed by atoms with Gasteiger partial charge < -0.3 is 10.2 Å². The molecule has 0 saturated carbocycles. The van der Waals surface area contributed by atoms with Crippen LogP contribution < -0.4 is 9.62 Å². The van der Waals surface area contributed by atoms with E-state index in [0.29, 0.717) is 5.69 Å². The van der Waals surface area contributed by atoms with E-state index < -0.39 is 34.1 Å². The van der Waals surface area contributed by atoms with E-state index >= 15 is 0 Å². The fourth-order valence-electron chi connectivity index (χ4n) is 5.23. The second kappa shape index (κ2) is 15.3. The van der Waals surface area contributed by atoms with Gasteiger partial charge in [0.2, 0.25) is 11.8 Å². The third-order valence-electron chi connectivity index (χ3n) is 7.75. The SMILES string of the molecule is Cc1ccc(S(=O)(=O)N(CC(=O)N(Cc2cccc(Br)c2)C(Cc2ccccc2)C(=O)NC(C)(C)C)c2ccc(C(C)C)cc2)cc1. The highest BCUT2D eigenvalue weighted by atomic mass is 79.9. The van der Waals surface area contributed by atoms with Crippen molar-refractivity contribution in [2.45, 2.75) is 76.9 Å². The fourth-order valence-corrected chi connectivity index (χ4v) is 7.09. The lowest BCUT2D eigenvalue weighted by molar-refractivity contribution is -0.140. The zero-order valence-corrected chi connectivity index (χ0v) is 30.3. The van der Waals surface area contributed by atoms with Gasteiger partial charge in [-0.1, -0.05) is 102 Å². The average Bonchev–Trinajstić information content (AvgIpc) is 3.01. The Morgan fingerprint density at radius 3 is 2.02 bits per heavy atom. The summed E-state index contributed by atoms with van der Waals surface area (Å²) in [6.45, 7) is 11.3. The molecule has 0 aromatic heterocycles. The van der Waals surface area contributed by atoms with Gasteiger partial charge in [-0.25, -0.2) is 8.42 Å². The van der Waals surface area contributed by atoms with Crippen molar-refractivity contribution in [1.29, 1.82) is 0 Å². The lowest BCUT2D eigenvalue weighted by Gasteiger charge is -2.35. The molecule has 248 valence electrons. The quantitative estimate of drug-likeness (QED) is 0.163. The highest BCUT2D eigenvalue weighted by Crippen LogP contribution is 2.27. The first-order valence-electron chi connectivity index (χ1n) is 15.7. The van der Waals surface area contributed by atoms with Gasteiger partial charge in [-0.05, 0) is 86.7 Å². The van der Waals surface area contributed by atoms with E-state index in [9.17, 15) is 18.0 Å². The molecule has 47 heavy (non-hydrogen) atoms. The van der Waals surface area contributed by atoms with Crippen molar-refractivity contribution in [3.05, 3.63) is 130 Å². The van der Waals surface area contributed by atoms with E-state index in [-0.39, 0.29) is 29.7 Å². The predicted molar refractivity (Wildman–Crippen MR) is 193 cm³/mol. The zero-order valence-electron chi connectivity index (χ0n) is 27.9.